The van der Waals surface area contributed by atoms with E-state index in [0.29, 0.717) is 0 Å². The lowest BCUT2D eigenvalue weighted by atomic mass is 10.1. The molecule has 0 aliphatic heterocycles. The standard InChI is InChI=1S/C10H8ClFO3/c1-15-9(14)10(11,12)8(13)7-5-3-2-4-6-7/h2-6H,1H3. The molecule has 0 bridgehead atoms. The molecular weight excluding hydrogens is 223 g/mol. The van der Waals surface area contributed by atoms with Crippen LogP contribution in [0.2, 0.25) is 0 Å². The average Bonchev–Trinajstić information content (AvgIpc) is 2.28. The van der Waals surface area contributed by atoms with E-state index >= 15 is 0 Å². The van der Waals surface area contributed by atoms with Gasteiger partial charge in [0.25, 0.3) is 0 Å². The molecule has 15 heavy (non-hydrogen) atoms. The Kier molecular flexibility index (Phi) is 3.42. The number of methoxy groups -OCH3 is 1. The number of hydrogen-bond donors (Lipinski definition) is 0. The summed E-state index contributed by atoms with van der Waals surface area (Å²) in [6, 6.07) is 7.46. The van der Waals surface area contributed by atoms with Crippen molar-refractivity contribution in [2.24, 2.45) is 0 Å². The molecule has 0 amide bonds. The Morgan fingerprint density at radius 2 is 1.87 bits per heavy atom. The molecule has 1 aromatic rings. The van der Waals surface area contributed by atoms with E-state index in [0.717, 1.165) is 7.11 Å². The monoisotopic (exact) mass is 230 g/mol. The van der Waals surface area contributed by atoms with E-state index in [1.165, 1.54) is 24.3 Å². The third kappa shape index (κ3) is 2.33. The SMILES string of the molecule is COC(=O)C(F)(Cl)C(=O)c1ccccc1. The van der Waals surface area contributed by atoms with Crippen LogP contribution >= 0.6 is 11.6 Å². The van der Waals surface area contributed by atoms with Crippen molar-refractivity contribution < 1.29 is 18.7 Å². The van der Waals surface area contributed by atoms with Crippen molar-refractivity contribution >= 4 is 23.4 Å². The fourth-order valence-corrected chi connectivity index (χ4v) is 1.18. The first kappa shape index (κ1) is 11.7. The van der Waals surface area contributed by atoms with Crippen LogP contribution < -0.4 is 0 Å². The molecule has 0 radical (unpaired) electrons. The highest BCUT2D eigenvalue weighted by molar-refractivity contribution is 6.46. The zero-order chi connectivity index (χ0) is 11.5. The summed E-state index contributed by atoms with van der Waals surface area (Å²) >= 11 is 5.18. The van der Waals surface area contributed by atoms with E-state index in [4.69, 9.17) is 11.6 Å². The highest BCUT2D eigenvalue weighted by Crippen LogP contribution is 2.24. The zero-order valence-electron chi connectivity index (χ0n) is 7.87. The minimum absolute atomic E-state index is 0.0143. The van der Waals surface area contributed by atoms with Crippen molar-refractivity contribution in [3.63, 3.8) is 0 Å². The minimum atomic E-state index is -3.16. The molecule has 0 aliphatic rings. The predicted molar refractivity (Wildman–Crippen MR) is 52.5 cm³/mol. The number of ether oxygens (including phenoxy) is 1. The Hall–Kier alpha value is -1.42. The van der Waals surface area contributed by atoms with Crippen LogP contribution in [0.1, 0.15) is 10.4 Å². The number of rotatable bonds is 3. The van der Waals surface area contributed by atoms with Gasteiger partial charge in [0, 0.05) is 5.56 Å². The van der Waals surface area contributed by atoms with Crippen LogP contribution in [0.4, 0.5) is 4.39 Å². The largest absolute Gasteiger partial charge is 0.465 e. The van der Waals surface area contributed by atoms with Gasteiger partial charge in [-0.05, 0) is 0 Å². The second kappa shape index (κ2) is 4.40. The summed E-state index contributed by atoms with van der Waals surface area (Å²) in [6.07, 6.45) is 0. The van der Waals surface area contributed by atoms with Crippen LogP contribution in [-0.2, 0) is 9.53 Å². The molecule has 0 saturated heterocycles. The first-order valence-corrected chi connectivity index (χ1v) is 4.44. The smallest absolute Gasteiger partial charge is 0.368 e. The maximum Gasteiger partial charge on any atom is 0.368 e. The molecule has 0 saturated carbocycles. The number of hydrogen-bond acceptors (Lipinski definition) is 3. The Balaban J connectivity index is 3.00. The number of Topliss-reactive ketones (excluding diaryl/α,β-unsaturated/α-hetero) is 1. The Morgan fingerprint density at radius 3 is 2.33 bits per heavy atom. The first-order chi connectivity index (χ1) is 7.00. The molecule has 0 N–H and O–H groups in total. The lowest BCUT2D eigenvalue weighted by Crippen LogP contribution is -2.37. The third-order valence-corrected chi connectivity index (χ3v) is 2.09. The molecule has 3 nitrogen and oxygen atoms in total. The highest BCUT2D eigenvalue weighted by Gasteiger charge is 2.46. The molecule has 1 unspecified atom stereocenters. The molecule has 0 spiro atoms. The van der Waals surface area contributed by atoms with E-state index in [1.54, 1.807) is 6.07 Å². The summed E-state index contributed by atoms with van der Waals surface area (Å²) in [6.45, 7) is 0. The quantitative estimate of drug-likeness (QED) is 0.345. The lowest BCUT2D eigenvalue weighted by Gasteiger charge is -2.13. The Labute approximate surface area is 90.8 Å². The fraction of sp³-hybridized carbons (Fsp3) is 0.200. The third-order valence-electron chi connectivity index (χ3n) is 1.76. The normalized spacial score (nSPS) is 14.1. The fourth-order valence-electron chi connectivity index (χ4n) is 0.992. The Bertz CT molecular complexity index is 376. The maximum atomic E-state index is 13.5. The van der Waals surface area contributed by atoms with Crippen molar-refractivity contribution in [3.8, 4) is 0 Å². The van der Waals surface area contributed by atoms with Gasteiger partial charge in [0.1, 0.15) is 0 Å². The van der Waals surface area contributed by atoms with Gasteiger partial charge in [-0.3, -0.25) is 4.79 Å². The zero-order valence-corrected chi connectivity index (χ0v) is 8.62. The Morgan fingerprint density at radius 1 is 1.33 bits per heavy atom. The number of benzene rings is 1. The number of halogens is 2. The van der Waals surface area contributed by atoms with E-state index in [-0.39, 0.29) is 5.56 Å². The second-order valence-electron chi connectivity index (χ2n) is 2.76. The van der Waals surface area contributed by atoms with Gasteiger partial charge in [0.05, 0.1) is 7.11 Å². The van der Waals surface area contributed by atoms with Gasteiger partial charge in [-0.1, -0.05) is 41.9 Å². The highest BCUT2D eigenvalue weighted by atomic mass is 35.5. The van der Waals surface area contributed by atoms with Crippen LogP contribution in [0.5, 0.6) is 0 Å². The molecule has 0 aliphatic carbocycles. The molecule has 0 heterocycles. The van der Waals surface area contributed by atoms with Gasteiger partial charge < -0.3 is 4.74 Å². The number of carbonyl (C=O) groups is 2. The minimum Gasteiger partial charge on any atom is -0.465 e. The van der Waals surface area contributed by atoms with Gasteiger partial charge in [-0.15, -0.1) is 0 Å². The molecule has 1 rings (SSSR count). The van der Waals surface area contributed by atoms with Crippen LogP contribution in [0.3, 0.4) is 0 Å². The summed E-state index contributed by atoms with van der Waals surface area (Å²) in [5, 5.41) is -3.16. The summed E-state index contributed by atoms with van der Waals surface area (Å²) in [7, 11) is 0.956. The molecular formula is C10H8ClFO3. The molecule has 1 atom stereocenters. The number of esters is 1. The maximum absolute atomic E-state index is 13.5. The number of alkyl halides is 2. The van der Waals surface area contributed by atoms with Gasteiger partial charge in [-0.25, -0.2) is 9.18 Å². The number of carbonyl (C=O) groups excluding carboxylic acids is 2. The van der Waals surface area contributed by atoms with Crippen LogP contribution in [-0.4, -0.2) is 24.0 Å². The van der Waals surface area contributed by atoms with E-state index < -0.39 is 16.9 Å². The van der Waals surface area contributed by atoms with Crippen LogP contribution in [0.25, 0.3) is 0 Å². The molecule has 80 valence electrons. The van der Waals surface area contributed by atoms with Gasteiger partial charge >= 0.3 is 11.1 Å². The van der Waals surface area contributed by atoms with E-state index in [9.17, 15) is 14.0 Å². The molecule has 0 aromatic heterocycles. The first-order valence-electron chi connectivity index (χ1n) is 4.06. The number of ketones is 1. The van der Waals surface area contributed by atoms with E-state index in [2.05, 4.69) is 4.74 Å². The second-order valence-corrected chi connectivity index (χ2v) is 3.28. The van der Waals surface area contributed by atoms with Gasteiger partial charge in [-0.2, -0.15) is 0 Å². The summed E-state index contributed by atoms with van der Waals surface area (Å²) < 4.78 is 17.6. The van der Waals surface area contributed by atoms with Crippen LogP contribution in [0, 0.1) is 0 Å². The molecule has 0 fully saturated rings. The van der Waals surface area contributed by atoms with Crippen molar-refractivity contribution in [2.45, 2.75) is 5.13 Å². The van der Waals surface area contributed by atoms with Crippen molar-refractivity contribution in [1.29, 1.82) is 0 Å². The van der Waals surface area contributed by atoms with Crippen molar-refractivity contribution in [2.75, 3.05) is 7.11 Å². The van der Waals surface area contributed by atoms with Gasteiger partial charge in [0.15, 0.2) is 0 Å². The van der Waals surface area contributed by atoms with Crippen molar-refractivity contribution in [3.05, 3.63) is 35.9 Å². The topological polar surface area (TPSA) is 43.4 Å². The summed E-state index contributed by atoms with van der Waals surface area (Å²) in [5.41, 5.74) is 0.0143. The van der Waals surface area contributed by atoms with Gasteiger partial charge in [0.2, 0.25) is 5.78 Å². The molecule has 5 heteroatoms. The average molecular weight is 231 g/mol. The predicted octanol–water partition coefficient (Wildman–Crippen LogP) is 1.95. The summed E-state index contributed by atoms with van der Waals surface area (Å²) in [5.74, 6) is -2.55. The van der Waals surface area contributed by atoms with Crippen molar-refractivity contribution in [1.82, 2.24) is 0 Å². The molecule has 1 aromatic carbocycles. The van der Waals surface area contributed by atoms with Crippen LogP contribution in [0.15, 0.2) is 30.3 Å². The lowest BCUT2D eigenvalue weighted by molar-refractivity contribution is -0.146. The summed E-state index contributed by atoms with van der Waals surface area (Å²) in [4.78, 5) is 22.4. The van der Waals surface area contributed by atoms with E-state index in [1.807, 2.05) is 0 Å².